The Bertz CT molecular complexity index is 540. The quantitative estimate of drug-likeness (QED) is 0.804. The van der Waals surface area contributed by atoms with Gasteiger partial charge in [-0.05, 0) is 29.5 Å². The summed E-state index contributed by atoms with van der Waals surface area (Å²) in [4.78, 5) is 11.2. The maximum absolute atomic E-state index is 13.3. The molecule has 1 rings (SSSR count). The topological polar surface area (TPSA) is 57.5 Å². The second-order valence-electron chi connectivity index (χ2n) is 5.76. The summed E-state index contributed by atoms with van der Waals surface area (Å²) in [6, 6.07) is 6.56. The van der Waals surface area contributed by atoms with Crippen molar-refractivity contribution in [3.63, 3.8) is 0 Å². The zero-order chi connectivity index (χ0) is 17.3. The highest BCUT2D eigenvalue weighted by Crippen LogP contribution is 2.47. The van der Waals surface area contributed by atoms with Crippen LogP contribution in [0, 0.1) is 5.92 Å². The van der Waals surface area contributed by atoms with E-state index in [1.54, 1.807) is 24.3 Å². The molecule has 0 heterocycles. The summed E-state index contributed by atoms with van der Waals surface area (Å²) in [5.74, 6) is -3.82. The van der Waals surface area contributed by atoms with Gasteiger partial charge in [-0.1, -0.05) is 48.8 Å². The second kappa shape index (κ2) is 6.20. The molecule has 1 aromatic carbocycles. The Morgan fingerprint density at radius 1 is 1.23 bits per heavy atom. The van der Waals surface area contributed by atoms with Crippen LogP contribution >= 0.6 is 15.9 Å². The van der Waals surface area contributed by atoms with Crippen LogP contribution in [-0.4, -0.2) is 28.0 Å². The molecule has 2 atom stereocenters. The lowest BCUT2D eigenvalue weighted by Gasteiger charge is -2.43. The molecule has 0 spiro atoms. The maximum Gasteiger partial charge on any atom is 0.428 e. The average Bonchev–Trinajstić information content (AvgIpc) is 2.37. The first-order chi connectivity index (χ1) is 9.89. The molecule has 0 aliphatic heterocycles. The number of halogens is 4. The van der Waals surface area contributed by atoms with Crippen LogP contribution in [0.3, 0.4) is 0 Å². The van der Waals surface area contributed by atoms with Crippen molar-refractivity contribution < 1.29 is 28.2 Å². The normalized spacial score (nSPS) is 16.9. The van der Waals surface area contributed by atoms with Crippen LogP contribution in [0.1, 0.15) is 32.8 Å². The summed E-state index contributed by atoms with van der Waals surface area (Å²) in [5.41, 5.74) is -4.48. The van der Waals surface area contributed by atoms with Gasteiger partial charge in [0.1, 0.15) is 0 Å². The zero-order valence-electron chi connectivity index (χ0n) is 12.4. The van der Waals surface area contributed by atoms with Crippen LogP contribution in [0.2, 0.25) is 0 Å². The van der Waals surface area contributed by atoms with E-state index < -0.39 is 29.1 Å². The van der Waals surface area contributed by atoms with Gasteiger partial charge in [0.2, 0.25) is 0 Å². The number of alkyl halides is 3. The smallest absolute Gasteiger partial charge is 0.428 e. The van der Waals surface area contributed by atoms with Crippen molar-refractivity contribution >= 4 is 21.9 Å². The molecular weight excluding hydrogens is 365 g/mol. The van der Waals surface area contributed by atoms with Gasteiger partial charge in [0.25, 0.3) is 5.60 Å². The molecule has 2 unspecified atom stereocenters. The van der Waals surface area contributed by atoms with Crippen LogP contribution in [-0.2, 0) is 10.2 Å². The van der Waals surface area contributed by atoms with Gasteiger partial charge in [-0.15, -0.1) is 0 Å². The van der Waals surface area contributed by atoms with Crippen molar-refractivity contribution in [2.24, 2.45) is 5.92 Å². The Hall–Kier alpha value is -1.08. The Morgan fingerprint density at radius 2 is 1.68 bits per heavy atom. The third-order valence-electron chi connectivity index (χ3n) is 4.13. The molecule has 0 fully saturated rings. The van der Waals surface area contributed by atoms with Gasteiger partial charge in [-0.25, -0.2) is 4.79 Å². The van der Waals surface area contributed by atoms with E-state index in [-0.39, 0.29) is 6.42 Å². The molecule has 7 heteroatoms. The molecule has 1 aromatic rings. The number of carboxylic acid groups (broad SMARTS) is 1. The summed E-state index contributed by atoms with van der Waals surface area (Å²) in [6.45, 7) is 4.44. The highest BCUT2D eigenvalue weighted by molar-refractivity contribution is 9.10. The van der Waals surface area contributed by atoms with Crippen LogP contribution < -0.4 is 0 Å². The third-order valence-corrected chi connectivity index (χ3v) is 4.66. The lowest BCUT2D eigenvalue weighted by atomic mass is 9.64. The number of aliphatic hydroxyl groups is 1. The van der Waals surface area contributed by atoms with Gasteiger partial charge in [-0.2, -0.15) is 13.2 Å². The van der Waals surface area contributed by atoms with Gasteiger partial charge >= 0.3 is 12.1 Å². The number of hydrogen-bond donors (Lipinski definition) is 2. The third kappa shape index (κ3) is 3.15. The Morgan fingerprint density at radius 3 is 2.00 bits per heavy atom. The van der Waals surface area contributed by atoms with Crippen molar-refractivity contribution in [2.45, 2.75) is 44.4 Å². The first kappa shape index (κ1) is 19.0. The molecule has 0 saturated carbocycles. The minimum absolute atomic E-state index is 0.147. The first-order valence-electron chi connectivity index (χ1n) is 6.67. The number of carbonyl (C=O) groups is 1. The molecular formula is C15H18BrF3O3. The first-order valence-corrected chi connectivity index (χ1v) is 7.46. The van der Waals surface area contributed by atoms with E-state index in [4.69, 9.17) is 5.11 Å². The summed E-state index contributed by atoms with van der Waals surface area (Å²) in [5, 5.41) is 19.0. The van der Waals surface area contributed by atoms with Crippen molar-refractivity contribution in [1.82, 2.24) is 0 Å². The average molecular weight is 383 g/mol. The number of hydrogen-bond acceptors (Lipinski definition) is 2. The molecule has 124 valence electrons. The molecule has 2 N–H and O–H groups in total. The largest absolute Gasteiger partial charge is 0.479 e. The fourth-order valence-corrected chi connectivity index (χ4v) is 3.14. The second-order valence-corrected chi connectivity index (χ2v) is 6.67. The molecule has 0 aliphatic carbocycles. The highest BCUT2D eigenvalue weighted by atomic mass is 79.9. The number of aliphatic carboxylic acids is 1. The number of carboxylic acids is 1. The predicted molar refractivity (Wildman–Crippen MR) is 79.6 cm³/mol. The van der Waals surface area contributed by atoms with Gasteiger partial charge in [0.05, 0.1) is 0 Å². The molecule has 0 bridgehead atoms. The standard InChI is InChI=1S/C15H18BrF3O3/c1-4-11(14(22,12(20)21)15(17,18)19)13(2,3)9-5-7-10(16)8-6-9/h5-8,11,22H,4H2,1-3H3,(H,20,21). The van der Waals surface area contributed by atoms with Crippen molar-refractivity contribution in [2.75, 3.05) is 0 Å². The minimum atomic E-state index is -5.27. The maximum atomic E-state index is 13.3. The van der Waals surface area contributed by atoms with E-state index in [0.717, 1.165) is 4.47 Å². The molecule has 0 amide bonds. The van der Waals surface area contributed by atoms with Gasteiger partial charge in [0, 0.05) is 10.4 Å². The fraction of sp³-hybridized carbons (Fsp3) is 0.533. The lowest BCUT2D eigenvalue weighted by molar-refractivity contribution is -0.282. The van der Waals surface area contributed by atoms with E-state index in [1.165, 1.54) is 20.8 Å². The minimum Gasteiger partial charge on any atom is -0.479 e. The monoisotopic (exact) mass is 382 g/mol. The van der Waals surface area contributed by atoms with Crippen molar-refractivity contribution in [3.8, 4) is 0 Å². The molecule has 0 aliphatic rings. The van der Waals surface area contributed by atoms with Crippen molar-refractivity contribution in [1.29, 1.82) is 0 Å². The zero-order valence-corrected chi connectivity index (χ0v) is 14.0. The number of benzene rings is 1. The molecule has 3 nitrogen and oxygen atoms in total. The molecule has 0 radical (unpaired) electrons. The predicted octanol–water partition coefficient (Wildman–Crippen LogP) is 4.13. The van der Waals surface area contributed by atoms with Crippen LogP contribution in [0.4, 0.5) is 13.2 Å². The van der Waals surface area contributed by atoms with Gasteiger partial charge in [-0.3, -0.25) is 0 Å². The summed E-state index contributed by atoms with van der Waals surface area (Å²) < 4.78 is 40.5. The lowest BCUT2D eigenvalue weighted by Crippen LogP contribution is -2.61. The van der Waals surface area contributed by atoms with Crippen LogP contribution in [0.25, 0.3) is 0 Å². The van der Waals surface area contributed by atoms with Crippen LogP contribution in [0.5, 0.6) is 0 Å². The van der Waals surface area contributed by atoms with E-state index in [9.17, 15) is 23.1 Å². The summed E-state index contributed by atoms with van der Waals surface area (Å²) >= 11 is 3.24. The van der Waals surface area contributed by atoms with Crippen molar-refractivity contribution in [3.05, 3.63) is 34.3 Å². The van der Waals surface area contributed by atoms with E-state index in [0.29, 0.717) is 5.56 Å². The number of rotatable bonds is 5. The molecule has 22 heavy (non-hydrogen) atoms. The Labute approximate surface area is 135 Å². The SMILES string of the molecule is CCC(C(C)(C)c1ccc(Br)cc1)C(O)(C(=O)O)C(F)(F)F. The van der Waals surface area contributed by atoms with E-state index in [2.05, 4.69) is 15.9 Å². The van der Waals surface area contributed by atoms with E-state index in [1.807, 2.05) is 0 Å². The van der Waals surface area contributed by atoms with Gasteiger partial charge in [0.15, 0.2) is 0 Å². The molecule has 0 saturated heterocycles. The van der Waals surface area contributed by atoms with Gasteiger partial charge < -0.3 is 10.2 Å². The molecule has 0 aromatic heterocycles. The fourth-order valence-electron chi connectivity index (χ4n) is 2.88. The van der Waals surface area contributed by atoms with E-state index >= 15 is 0 Å². The summed E-state index contributed by atoms with van der Waals surface area (Å²) in [7, 11) is 0. The highest BCUT2D eigenvalue weighted by Gasteiger charge is 2.66. The van der Waals surface area contributed by atoms with Crippen LogP contribution in [0.15, 0.2) is 28.7 Å². The Kier molecular flexibility index (Phi) is 5.34. The summed E-state index contributed by atoms with van der Waals surface area (Å²) in [6.07, 6.45) is -5.42. The Balaban J connectivity index is 3.45.